The van der Waals surface area contributed by atoms with Crippen LogP contribution in [0.1, 0.15) is 57.9 Å². The molecule has 166 valence electrons. The van der Waals surface area contributed by atoms with E-state index in [0.29, 0.717) is 30.6 Å². The second-order valence-corrected chi connectivity index (χ2v) is 11.4. The predicted molar refractivity (Wildman–Crippen MR) is 120 cm³/mol. The van der Waals surface area contributed by atoms with Crippen molar-refractivity contribution in [3.05, 3.63) is 48.0 Å². The maximum atomic E-state index is 12.8. The van der Waals surface area contributed by atoms with Crippen LogP contribution < -0.4 is 4.72 Å². The Morgan fingerprint density at radius 3 is 2.60 bits per heavy atom. The number of unbranched alkanes of at least 4 members (excludes halogenated alkanes) is 1. The van der Waals surface area contributed by atoms with Crippen molar-refractivity contribution in [2.45, 2.75) is 64.8 Å². The lowest BCUT2D eigenvalue weighted by Gasteiger charge is -2.62. The van der Waals surface area contributed by atoms with E-state index in [1.54, 1.807) is 0 Å². The third kappa shape index (κ3) is 5.73. The van der Waals surface area contributed by atoms with Gasteiger partial charge in [-0.3, -0.25) is 4.79 Å². The number of hydrogen-bond acceptors (Lipinski definition) is 3. The zero-order chi connectivity index (χ0) is 21.8. The van der Waals surface area contributed by atoms with Gasteiger partial charge in [0.2, 0.25) is 10.0 Å². The van der Waals surface area contributed by atoms with Crippen molar-refractivity contribution in [2.24, 2.45) is 23.2 Å². The van der Waals surface area contributed by atoms with Crippen molar-refractivity contribution in [3.8, 4) is 0 Å². The molecule has 0 radical (unpaired) electrons. The largest absolute Gasteiger partial charge is 0.481 e. The molecule has 2 bridgehead atoms. The fourth-order valence-electron chi connectivity index (χ4n) is 5.34. The van der Waals surface area contributed by atoms with Gasteiger partial charge in [0.25, 0.3) is 0 Å². The molecule has 0 unspecified atom stereocenters. The molecule has 4 rings (SSSR count). The van der Waals surface area contributed by atoms with Crippen molar-refractivity contribution in [2.75, 3.05) is 5.75 Å². The topological polar surface area (TPSA) is 83.5 Å². The van der Waals surface area contributed by atoms with Crippen LogP contribution >= 0.6 is 0 Å². The number of nitrogens with one attached hydrogen (secondary N) is 1. The summed E-state index contributed by atoms with van der Waals surface area (Å²) in [5.41, 5.74) is 1.31. The van der Waals surface area contributed by atoms with Gasteiger partial charge in [-0.25, -0.2) is 13.1 Å². The highest BCUT2D eigenvalue weighted by Crippen LogP contribution is 2.62. The standard InChI is InChI=1S/C24H35NO4S/c1-24(2)19-16-21(24)20(12-8-3-4-9-13-23(26)27)22(17-19)25-30(28,29)15-14-18-10-6-5-7-11-18/h3,5-8,10-11,19-22,25H,4,9,12-17H2,1-2H3,(H,26,27)/b8-3-/t19-,20+,21+,22+/m1/s1. The first-order valence-corrected chi connectivity index (χ1v) is 12.7. The van der Waals surface area contributed by atoms with Gasteiger partial charge in [0.05, 0.1) is 5.75 Å². The van der Waals surface area contributed by atoms with Crippen molar-refractivity contribution >= 4 is 16.0 Å². The Morgan fingerprint density at radius 2 is 1.93 bits per heavy atom. The van der Waals surface area contributed by atoms with Crippen molar-refractivity contribution in [1.29, 1.82) is 0 Å². The molecule has 30 heavy (non-hydrogen) atoms. The van der Waals surface area contributed by atoms with Crippen LogP contribution in [0.15, 0.2) is 42.5 Å². The number of aryl methyl sites for hydroxylation is 1. The minimum absolute atomic E-state index is 0.00813. The number of carbonyl (C=O) groups is 1. The molecule has 3 saturated carbocycles. The number of aliphatic carboxylic acids is 1. The van der Waals surface area contributed by atoms with Gasteiger partial charge in [0.1, 0.15) is 0 Å². The van der Waals surface area contributed by atoms with E-state index in [4.69, 9.17) is 5.11 Å². The summed E-state index contributed by atoms with van der Waals surface area (Å²) in [6.45, 7) is 4.63. The summed E-state index contributed by atoms with van der Waals surface area (Å²) in [5.74, 6) is 0.765. The van der Waals surface area contributed by atoms with Crippen LogP contribution in [0.3, 0.4) is 0 Å². The minimum Gasteiger partial charge on any atom is -0.481 e. The molecule has 5 nitrogen and oxygen atoms in total. The molecule has 0 saturated heterocycles. The molecular formula is C24H35NO4S. The molecule has 0 aliphatic heterocycles. The fraction of sp³-hybridized carbons (Fsp3) is 0.625. The van der Waals surface area contributed by atoms with Gasteiger partial charge >= 0.3 is 5.97 Å². The summed E-state index contributed by atoms with van der Waals surface area (Å²) in [5, 5.41) is 8.74. The van der Waals surface area contributed by atoms with Crippen LogP contribution in [0.25, 0.3) is 0 Å². The smallest absolute Gasteiger partial charge is 0.303 e. The predicted octanol–water partition coefficient (Wildman–Crippen LogP) is 4.40. The van der Waals surface area contributed by atoms with E-state index in [-0.39, 0.29) is 23.6 Å². The average molecular weight is 434 g/mol. The first kappa shape index (κ1) is 23.0. The highest BCUT2D eigenvalue weighted by atomic mass is 32.2. The molecule has 0 aromatic heterocycles. The fourth-order valence-corrected chi connectivity index (χ4v) is 6.69. The molecular weight excluding hydrogens is 398 g/mol. The van der Waals surface area contributed by atoms with Crippen LogP contribution in [0.5, 0.6) is 0 Å². The molecule has 3 aliphatic carbocycles. The van der Waals surface area contributed by atoms with E-state index in [2.05, 4.69) is 30.7 Å². The number of hydrogen-bond donors (Lipinski definition) is 2. The minimum atomic E-state index is -3.34. The lowest BCUT2D eigenvalue weighted by atomic mass is 9.44. The van der Waals surface area contributed by atoms with Crippen LogP contribution in [0.4, 0.5) is 0 Å². The second-order valence-electron chi connectivity index (χ2n) is 9.53. The third-order valence-electron chi connectivity index (χ3n) is 7.29. The Bertz CT molecular complexity index is 847. The zero-order valence-corrected chi connectivity index (χ0v) is 18.9. The Balaban J connectivity index is 1.58. The highest BCUT2D eigenvalue weighted by molar-refractivity contribution is 7.89. The monoisotopic (exact) mass is 433 g/mol. The summed E-state index contributed by atoms with van der Waals surface area (Å²) in [6, 6.07) is 9.73. The molecule has 6 heteroatoms. The number of benzene rings is 1. The van der Waals surface area contributed by atoms with Gasteiger partial charge in [0.15, 0.2) is 0 Å². The molecule has 0 heterocycles. The van der Waals surface area contributed by atoms with Gasteiger partial charge in [-0.15, -0.1) is 0 Å². The van der Waals surface area contributed by atoms with E-state index < -0.39 is 16.0 Å². The van der Waals surface area contributed by atoms with E-state index in [1.807, 2.05) is 30.3 Å². The highest BCUT2D eigenvalue weighted by Gasteiger charge is 2.57. The molecule has 0 spiro atoms. The molecule has 2 N–H and O–H groups in total. The summed E-state index contributed by atoms with van der Waals surface area (Å²) in [4.78, 5) is 10.6. The molecule has 3 fully saturated rings. The van der Waals surface area contributed by atoms with E-state index in [1.165, 1.54) is 6.42 Å². The van der Waals surface area contributed by atoms with Crippen molar-refractivity contribution < 1.29 is 18.3 Å². The average Bonchev–Trinajstić information content (AvgIpc) is 2.70. The summed E-state index contributed by atoms with van der Waals surface area (Å²) in [6.07, 6.45) is 9.24. The van der Waals surface area contributed by atoms with Crippen LogP contribution in [-0.4, -0.2) is 31.3 Å². The van der Waals surface area contributed by atoms with Crippen LogP contribution in [-0.2, 0) is 21.2 Å². The maximum absolute atomic E-state index is 12.8. The van der Waals surface area contributed by atoms with E-state index in [9.17, 15) is 13.2 Å². The number of rotatable bonds is 11. The van der Waals surface area contributed by atoms with Gasteiger partial charge in [0, 0.05) is 12.5 Å². The second kappa shape index (κ2) is 9.65. The third-order valence-corrected chi connectivity index (χ3v) is 8.69. The number of carboxylic acids is 1. The first-order valence-electron chi connectivity index (χ1n) is 11.1. The van der Waals surface area contributed by atoms with Gasteiger partial charge in [-0.05, 0) is 67.3 Å². The number of carboxylic acid groups (broad SMARTS) is 1. The lowest BCUT2D eigenvalue weighted by Crippen LogP contribution is -2.61. The van der Waals surface area contributed by atoms with Gasteiger partial charge in [-0.1, -0.05) is 56.3 Å². The van der Waals surface area contributed by atoms with E-state index in [0.717, 1.165) is 24.8 Å². The maximum Gasteiger partial charge on any atom is 0.303 e. The quantitative estimate of drug-likeness (QED) is 0.400. The Hall–Kier alpha value is -1.66. The molecule has 0 amide bonds. The summed E-state index contributed by atoms with van der Waals surface area (Å²) < 4.78 is 28.6. The van der Waals surface area contributed by atoms with E-state index >= 15 is 0 Å². The molecule has 1 aromatic carbocycles. The normalized spacial score (nSPS) is 27.7. The number of sulfonamides is 1. The van der Waals surface area contributed by atoms with Crippen LogP contribution in [0.2, 0.25) is 0 Å². The lowest BCUT2D eigenvalue weighted by molar-refractivity contribution is -0.137. The number of fused-ring (bicyclic) bond motifs is 2. The SMILES string of the molecule is CC1(C)[C@H]2C[C@H](NS(=O)(=O)CCc3ccccc3)[C@@H](C/C=C\CCCC(=O)O)[C@@H]1C2. The zero-order valence-electron chi connectivity index (χ0n) is 18.1. The Morgan fingerprint density at radius 1 is 1.20 bits per heavy atom. The van der Waals surface area contributed by atoms with Crippen molar-refractivity contribution in [1.82, 2.24) is 4.72 Å². The molecule has 3 aliphatic rings. The summed E-state index contributed by atoms with van der Waals surface area (Å²) >= 11 is 0. The first-order chi connectivity index (χ1) is 14.2. The number of allylic oxidation sites excluding steroid dienone is 2. The molecule has 4 atom stereocenters. The van der Waals surface area contributed by atoms with Crippen molar-refractivity contribution in [3.63, 3.8) is 0 Å². The van der Waals surface area contributed by atoms with Crippen LogP contribution in [0, 0.1) is 23.2 Å². The van der Waals surface area contributed by atoms with Gasteiger partial charge in [-0.2, -0.15) is 0 Å². The Labute approximate surface area is 181 Å². The molecule has 1 aromatic rings. The Kier molecular flexibility index (Phi) is 7.40. The van der Waals surface area contributed by atoms with Gasteiger partial charge < -0.3 is 5.11 Å². The summed E-state index contributed by atoms with van der Waals surface area (Å²) in [7, 11) is -3.34.